The van der Waals surface area contributed by atoms with Gasteiger partial charge in [0.25, 0.3) is 0 Å². The van der Waals surface area contributed by atoms with Gasteiger partial charge in [-0.05, 0) is 37.4 Å². The van der Waals surface area contributed by atoms with E-state index in [9.17, 15) is 24.0 Å². The van der Waals surface area contributed by atoms with Crippen LogP contribution in [-0.2, 0) is 30.4 Å². The second-order valence-corrected chi connectivity index (χ2v) is 8.62. The summed E-state index contributed by atoms with van der Waals surface area (Å²) in [6.07, 6.45) is 2.64. The van der Waals surface area contributed by atoms with E-state index in [0.717, 1.165) is 10.9 Å². The van der Waals surface area contributed by atoms with Crippen LogP contribution in [-0.4, -0.2) is 76.1 Å². The quantitative estimate of drug-likeness (QED) is 0.130. The normalized spacial score (nSPS) is 13.4. The standard InChI is InChI=1S/C24H34N6O7/c25-10-4-3-6-16(26)22(35)29-18(8-9-20(31)32)24(37)30-19(23(36)28-13-21(33)34)11-14-12-27-17-7-2-1-5-15(14)17/h1-2,5,7,12,16,18-19,27H,3-4,6,8-11,13,25-26H2,(H,28,36)(H,29,35)(H,30,37)(H,31,32)(H,33,34). The Kier molecular flexibility index (Phi) is 11.5. The van der Waals surface area contributed by atoms with Gasteiger partial charge in [0.15, 0.2) is 0 Å². The SMILES string of the molecule is NCCCCC(N)C(=O)NC(CCC(=O)O)C(=O)NC(Cc1c[nH]c2ccccc12)C(=O)NCC(=O)O. The summed E-state index contributed by atoms with van der Waals surface area (Å²) >= 11 is 0. The number of aromatic nitrogens is 1. The zero-order valence-electron chi connectivity index (χ0n) is 20.4. The Morgan fingerprint density at radius 3 is 2.27 bits per heavy atom. The number of fused-ring (bicyclic) bond motifs is 1. The molecular formula is C24H34N6O7. The molecule has 10 N–H and O–H groups in total. The minimum atomic E-state index is -1.28. The number of hydrogen-bond acceptors (Lipinski definition) is 7. The zero-order chi connectivity index (χ0) is 27.4. The Hall–Kier alpha value is -3.97. The van der Waals surface area contributed by atoms with Crippen molar-refractivity contribution in [1.82, 2.24) is 20.9 Å². The average Bonchev–Trinajstić information content (AvgIpc) is 3.27. The number of carbonyl (C=O) groups excluding carboxylic acids is 3. The number of unbranched alkanes of at least 4 members (excludes halogenated alkanes) is 1. The lowest BCUT2D eigenvalue weighted by atomic mass is 10.0. The molecule has 13 heteroatoms. The van der Waals surface area contributed by atoms with E-state index in [0.29, 0.717) is 31.4 Å². The Balaban J connectivity index is 2.20. The van der Waals surface area contributed by atoms with Crippen LogP contribution in [0.3, 0.4) is 0 Å². The van der Waals surface area contributed by atoms with Gasteiger partial charge < -0.3 is 42.6 Å². The lowest BCUT2D eigenvalue weighted by molar-refractivity contribution is -0.138. The van der Waals surface area contributed by atoms with Gasteiger partial charge in [-0.2, -0.15) is 0 Å². The summed E-state index contributed by atoms with van der Waals surface area (Å²) in [4.78, 5) is 63.6. The van der Waals surface area contributed by atoms with E-state index in [4.69, 9.17) is 21.7 Å². The number of H-pyrrole nitrogens is 1. The van der Waals surface area contributed by atoms with Gasteiger partial charge in [-0.1, -0.05) is 24.6 Å². The molecule has 0 saturated carbocycles. The molecule has 13 nitrogen and oxygen atoms in total. The van der Waals surface area contributed by atoms with Crippen LogP contribution >= 0.6 is 0 Å². The van der Waals surface area contributed by atoms with E-state index in [1.54, 1.807) is 6.20 Å². The third-order valence-electron chi connectivity index (χ3n) is 5.73. The highest BCUT2D eigenvalue weighted by Crippen LogP contribution is 2.19. The maximum atomic E-state index is 13.1. The minimum Gasteiger partial charge on any atom is -0.481 e. The number of rotatable bonds is 16. The van der Waals surface area contributed by atoms with E-state index < -0.39 is 60.8 Å². The van der Waals surface area contributed by atoms with E-state index in [2.05, 4.69) is 20.9 Å². The number of carboxylic acids is 2. The van der Waals surface area contributed by atoms with Crippen molar-refractivity contribution < 1.29 is 34.2 Å². The first-order valence-corrected chi connectivity index (χ1v) is 11.9. The molecule has 0 bridgehead atoms. The van der Waals surface area contributed by atoms with Crippen molar-refractivity contribution in [3.63, 3.8) is 0 Å². The maximum Gasteiger partial charge on any atom is 0.322 e. The van der Waals surface area contributed by atoms with Gasteiger partial charge in [-0.15, -0.1) is 0 Å². The Labute approximate surface area is 213 Å². The van der Waals surface area contributed by atoms with Crippen molar-refractivity contribution in [2.75, 3.05) is 13.1 Å². The fraction of sp³-hybridized carbons (Fsp3) is 0.458. The van der Waals surface area contributed by atoms with Gasteiger partial charge in [-0.25, -0.2) is 0 Å². The Morgan fingerprint density at radius 1 is 0.892 bits per heavy atom. The van der Waals surface area contributed by atoms with Crippen LogP contribution in [0.2, 0.25) is 0 Å². The second kappa shape index (κ2) is 14.6. The molecule has 2 aromatic rings. The van der Waals surface area contributed by atoms with Crippen molar-refractivity contribution >= 4 is 40.6 Å². The minimum absolute atomic E-state index is 0.0133. The van der Waals surface area contributed by atoms with Crippen LogP contribution < -0.4 is 27.4 Å². The molecule has 3 unspecified atom stereocenters. The summed E-state index contributed by atoms with van der Waals surface area (Å²) in [5.74, 6) is -4.61. The van der Waals surface area contributed by atoms with E-state index in [-0.39, 0.29) is 12.8 Å². The summed E-state index contributed by atoms with van der Waals surface area (Å²) in [6.45, 7) is -0.213. The zero-order valence-corrected chi connectivity index (χ0v) is 20.4. The average molecular weight is 519 g/mol. The second-order valence-electron chi connectivity index (χ2n) is 8.62. The number of benzene rings is 1. The first-order chi connectivity index (χ1) is 17.6. The number of para-hydroxylation sites is 1. The predicted molar refractivity (Wildman–Crippen MR) is 134 cm³/mol. The number of hydrogen-bond donors (Lipinski definition) is 8. The van der Waals surface area contributed by atoms with Gasteiger partial charge in [0.1, 0.15) is 18.6 Å². The molecule has 3 atom stereocenters. The number of aliphatic carboxylic acids is 2. The fourth-order valence-corrected chi connectivity index (χ4v) is 3.74. The number of nitrogens with two attached hydrogens (primary N) is 2. The van der Waals surface area contributed by atoms with Gasteiger partial charge >= 0.3 is 11.9 Å². The summed E-state index contributed by atoms with van der Waals surface area (Å²) in [5.41, 5.74) is 12.9. The smallest absolute Gasteiger partial charge is 0.322 e. The lowest BCUT2D eigenvalue weighted by Crippen LogP contribution is -2.56. The van der Waals surface area contributed by atoms with Gasteiger partial charge in [-0.3, -0.25) is 24.0 Å². The van der Waals surface area contributed by atoms with Gasteiger partial charge in [0, 0.05) is 29.9 Å². The first-order valence-electron chi connectivity index (χ1n) is 11.9. The van der Waals surface area contributed by atoms with Crippen molar-refractivity contribution in [3.05, 3.63) is 36.0 Å². The molecule has 37 heavy (non-hydrogen) atoms. The molecule has 0 aliphatic rings. The topological polar surface area (TPSA) is 230 Å². The van der Waals surface area contributed by atoms with Crippen LogP contribution in [0.25, 0.3) is 10.9 Å². The number of carbonyl (C=O) groups is 5. The molecule has 0 aliphatic heterocycles. The maximum absolute atomic E-state index is 13.1. The van der Waals surface area contributed by atoms with Gasteiger partial charge in [0.05, 0.1) is 6.04 Å². The van der Waals surface area contributed by atoms with Crippen molar-refractivity contribution in [3.8, 4) is 0 Å². The largest absolute Gasteiger partial charge is 0.481 e. The molecule has 1 aromatic heterocycles. The summed E-state index contributed by atoms with van der Waals surface area (Å²) in [5, 5.41) is 26.1. The third-order valence-corrected chi connectivity index (χ3v) is 5.73. The van der Waals surface area contributed by atoms with Crippen LogP contribution in [0.15, 0.2) is 30.5 Å². The molecule has 2 rings (SSSR count). The molecule has 1 heterocycles. The molecule has 0 aliphatic carbocycles. The molecule has 3 amide bonds. The molecule has 1 aromatic carbocycles. The molecule has 202 valence electrons. The lowest BCUT2D eigenvalue weighted by Gasteiger charge is -2.24. The number of carboxylic acid groups (broad SMARTS) is 2. The molecule has 0 radical (unpaired) electrons. The number of nitrogens with one attached hydrogen (secondary N) is 4. The number of aromatic amines is 1. The van der Waals surface area contributed by atoms with E-state index in [1.165, 1.54) is 0 Å². The van der Waals surface area contributed by atoms with Crippen molar-refractivity contribution in [1.29, 1.82) is 0 Å². The van der Waals surface area contributed by atoms with E-state index in [1.807, 2.05) is 24.3 Å². The molecule has 0 spiro atoms. The Morgan fingerprint density at radius 2 is 1.59 bits per heavy atom. The summed E-state index contributed by atoms with van der Waals surface area (Å²) < 4.78 is 0. The highest BCUT2D eigenvalue weighted by molar-refractivity contribution is 5.94. The number of amides is 3. The fourth-order valence-electron chi connectivity index (χ4n) is 3.74. The van der Waals surface area contributed by atoms with Crippen LogP contribution in [0.1, 0.15) is 37.7 Å². The first kappa shape index (κ1) is 29.3. The van der Waals surface area contributed by atoms with E-state index >= 15 is 0 Å². The monoisotopic (exact) mass is 518 g/mol. The highest BCUT2D eigenvalue weighted by atomic mass is 16.4. The molecule has 0 saturated heterocycles. The van der Waals surface area contributed by atoms with Gasteiger partial charge in [0.2, 0.25) is 17.7 Å². The van der Waals surface area contributed by atoms with Crippen molar-refractivity contribution in [2.24, 2.45) is 11.5 Å². The highest BCUT2D eigenvalue weighted by Gasteiger charge is 2.29. The molecule has 0 fully saturated rings. The third kappa shape index (κ3) is 9.54. The predicted octanol–water partition coefficient (Wildman–Crippen LogP) is -0.798. The van der Waals surface area contributed by atoms with Crippen LogP contribution in [0.5, 0.6) is 0 Å². The molecular weight excluding hydrogens is 484 g/mol. The Bertz CT molecular complexity index is 1100. The summed E-state index contributed by atoms with van der Waals surface area (Å²) in [7, 11) is 0. The van der Waals surface area contributed by atoms with Crippen molar-refractivity contribution in [2.45, 2.75) is 56.7 Å². The summed E-state index contributed by atoms with van der Waals surface area (Å²) in [6, 6.07) is 3.91. The van der Waals surface area contributed by atoms with Crippen LogP contribution in [0, 0.1) is 0 Å². The van der Waals surface area contributed by atoms with Crippen LogP contribution in [0.4, 0.5) is 0 Å².